The van der Waals surface area contributed by atoms with E-state index in [1.807, 2.05) is 12.1 Å². The predicted octanol–water partition coefficient (Wildman–Crippen LogP) is 0.636. The standard InChI is InChI=1S/C16H17BrN4O4/c1-19-14-13(15(23)20(2)16(19)24)21(9-18-14)7-11(22)8-25-12-5-3-4-10(17)6-12/h3-6,9,11,22H,7-8H2,1-2H3/t11-/m0/s1. The van der Waals surface area contributed by atoms with Crippen molar-refractivity contribution in [3.63, 3.8) is 0 Å². The molecule has 1 N–H and O–H groups in total. The summed E-state index contributed by atoms with van der Waals surface area (Å²) in [6.07, 6.45) is 0.590. The van der Waals surface area contributed by atoms with Crippen LogP contribution >= 0.6 is 15.9 Å². The van der Waals surface area contributed by atoms with E-state index in [1.54, 1.807) is 19.2 Å². The van der Waals surface area contributed by atoms with Gasteiger partial charge in [-0.3, -0.25) is 13.9 Å². The maximum absolute atomic E-state index is 12.4. The van der Waals surface area contributed by atoms with Crippen molar-refractivity contribution in [2.45, 2.75) is 12.6 Å². The summed E-state index contributed by atoms with van der Waals surface area (Å²) in [5.41, 5.74) is -0.337. The van der Waals surface area contributed by atoms with E-state index in [4.69, 9.17) is 4.74 Å². The molecular weight excluding hydrogens is 392 g/mol. The molecule has 3 aromatic rings. The molecule has 0 aliphatic rings. The monoisotopic (exact) mass is 408 g/mol. The van der Waals surface area contributed by atoms with Gasteiger partial charge < -0.3 is 14.4 Å². The number of benzene rings is 1. The Morgan fingerprint density at radius 1 is 1.28 bits per heavy atom. The number of hydrogen-bond acceptors (Lipinski definition) is 5. The first-order chi connectivity index (χ1) is 11.9. The van der Waals surface area contributed by atoms with Gasteiger partial charge in [0.1, 0.15) is 18.5 Å². The number of halogens is 1. The zero-order valence-corrected chi connectivity index (χ0v) is 15.3. The van der Waals surface area contributed by atoms with Crippen LogP contribution in [0.15, 0.2) is 44.7 Å². The summed E-state index contributed by atoms with van der Waals surface area (Å²) in [5.74, 6) is 0.627. The Labute approximate surface area is 151 Å². The van der Waals surface area contributed by atoms with Crippen LogP contribution in [0.2, 0.25) is 0 Å². The van der Waals surface area contributed by atoms with Crippen LogP contribution in [-0.2, 0) is 20.6 Å². The number of imidazole rings is 1. The number of aliphatic hydroxyl groups excluding tert-OH is 1. The third-order valence-corrected chi connectivity index (χ3v) is 4.36. The molecule has 0 unspecified atom stereocenters. The SMILES string of the molecule is Cn1c(=O)c2c(ncn2C[C@H](O)COc2cccc(Br)c2)n(C)c1=O. The van der Waals surface area contributed by atoms with Crippen molar-refractivity contribution in [2.75, 3.05) is 6.61 Å². The number of fused-ring (bicyclic) bond motifs is 1. The fourth-order valence-electron chi connectivity index (χ4n) is 2.56. The van der Waals surface area contributed by atoms with Crippen molar-refractivity contribution in [1.29, 1.82) is 0 Å². The number of aromatic nitrogens is 4. The number of aryl methyl sites for hydroxylation is 1. The van der Waals surface area contributed by atoms with E-state index in [2.05, 4.69) is 20.9 Å². The van der Waals surface area contributed by atoms with Gasteiger partial charge in [0.25, 0.3) is 5.56 Å². The summed E-state index contributed by atoms with van der Waals surface area (Å²) < 4.78 is 10.3. The van der Waals surface area contributed by atoms with Crippen molar-refractivity contribution >= 4 is 27.1 Å². The summed E-state index contributed by atoms with van der Waals surface area (Å²) in [6.45, 7) is 0.181. The maximum atomic E-state index is 12.4. The van der Waals surface area contributed by atoms with Gasteiger partial charge in [0.05, 0.1) is 12.9 Å². The molecule has 1 aromatic carbocycles. The zero-order chi connectivity index (χ0) is 18.1. The first-order valence-electron chi connectivity index (χ1n) is 7.55. The Kier molecular flexibility index (Phi) is 4.78. The van der Waals surface area contributed by atoms with E-state index in [0.717, 1.165) is 9.04 Å². The molecule has 2 aromatic heterocycles. The molecule has 1 atom stereocenters. The van der Waals surface area contributed by atoms with Gasteiger partial charge in [-0.2, -0.15) is 0 Å². The molecule has 0 bridgehead atoms. The maximum Gasteiger partial charge on any atom is 0.332 e. The number of hydrogen-bond donors (Lipinski definition) is 1. The van der Waals surface area contributed by atoms with Crippen LogP contribution in [0, 0.1) is 0 Å². The molecule has 132 valence electrons. The van der Waals surface area contributed by atoms with Crippen molar-refractivity contribution in [1.82, 2.24) is 18.7 Å². The van der Waals surface area contributed by atoms with Crippen molar-refractivity contribution in [3.8, 4) is 5.75 Å². The van der Waals surface area contributed by atoms with Crippen LogP contribution in [-0.4, -0.2) is 36.5 Å². The lowest BCUT2D eigenvalue weighted by molar-refractivity contribution is 0.0933. The molecule has 25 heavy (non-hydrogen) atoms. The smallest absolute Gasteiger partial charge is 0.332 e. The van der Waals surface area contributed by atoms with Gasteiger partial charge in [-0.25, -0.2) is 9.78 Å². The second-order valence-corrected chi connectivity index (χ2v) is 6.61. The number of aliphatic hydroxyl groups is 1. The second-order valence-electron chi connectivity index (χ2n) is 5.70. The normalized spacial score (nSPS) is 12.5. The average Bonchev–Trinajstić information content (AvgIpc) is 3.00. The summed E-state index contributed by atoms with van der Waals surface area (Å²) in [6, 6.07) is 7.29. The Hall–Kier alpha value is -2.39. The third-order valence-electron chi connectivity index (χ3n) is 3.86. The average molecular weight is 409 g/mol. The number of nitrogens with zero attached hydrogens (tertiary/aromatic N) is 4. The van der Waals surface area contributed by atoms with Crippen LogP contribution < -0.4 is 16.0 Å². The molecular formula is C16H17BrN4O4. The Balaban J connectivity index is 1.81. The first kappa shape index (κ1) is 17.4. The third kappa shape index (κ3) is 3.38. The molecule has 2 heterocycles. The van der Waals surface area contributed by atoms with Gasteiger partial charge >= 0.3 is 5.69 Å². The summed E-state index contributed by atoms with van der Waals surface area (Å²) in [4.78, 5) is 28.4. The van der Waals surface area contributed by atoms with E-state index in [-0.39, 0.29) is 24.3 Å². The summed E-state index contributed by atoms with van der Waals surface area (Å²) in [5, 5.41) is 10.2. The lowest BCUT2D eigenvalue weighted by Gasteiger charge is -2.14. The van der Waals surface area contributed by atoms with Crippen LogP contribution in [0.1, 0.15) is 0 Å². The van der Waals surface area contributed by atoms with Gasteiger partial charge in [-0.1, -0.05) is 22.0 Å². The van der Waals surface area contributed by atoms with E-state index in [0.29, 0.717) is 5.75 Å². The van der Waals surface area contributed by atoms with Gasteiger partial charge in [0.15, 0.2) is 11.2 Å². The molecule has 0 saturated heterocycles. The van der Waals surface area contributed by atoms with Crippen molar-refractivity contribution in [3.05, 3.63) is 55.9 Å². The van der Waals surface area contributed by atoms with Crippen LogP contribution in [0.4, 0.5) is 0 Å². The molecule has 9 heteroatoms. The van der Waals surface area contributed by atoms with Gasteiger partial charge in [0.2, 0.25) is 0 Å². The zero-order valence-electron chi connectivity index (χ0n) is 13.7. The lowest BCUT2D eigenvalue weighted by atomic mass is 10.3. The summed E-state index contributed by atoms with van der Waals surface area (Å²) in [7, 11) is 2.96. The molecule has 0 radical (unpaired) electrons. The van der Waals surface area contributed by atoms with Gasteiger partial charge in [-0.15, -0.1) is 0 Å². The Morgan fingerprint density at radius 3 is 2.76 bits per heavy atom. The van der Waals surface area contributed by atoms with Crippen LogP contribution in [0.3, 0.4) is 0 Å². The largest absolute Gasteiger partial charge is 0.491 e. The fourth-order valence-corrected chi connectivity index (χ4v) is 2.94. The molecule has 0 spiro atoms. The Morgan fingerprint density at radius 2 is 2.04 bits per heavy atom. The second kappa shape index (κ2) is 6.85. The van der Waals surface area contributed by atoms with Gasteiger partial charge in [-0.05, 0) is 18.2 Å². The quantitative estimate of drug-likeness (QED) is 0.668. The molecule has 3 rings (SSSR count). The molecule has 0 saturated carbocycles. The first-order valence-corrected chi connectivity index (χ1v) is 8.35. The van der Waals surface area contributed by atoms with Gasteiger partial charge in [0, 0.05) is 18.6 Å². The summed E-state index contributed by atoms with van der Waals surface area (Å²) >= 11 is 3.35. The highest BCUT2D eigenvalue weighted by Gasteiger charge is 2.16. The Bertz CT molecular complexity index is 1040. The lowest BCUT2D eigenvalue weighted by Crippen LogP contribution is -2.38. The van der Waals surface area contributed by atoms with E-state index in [9.17, 15) is 14.7 Å². The van der Waals surface area contributed by atoms with Crippen molar-refractivity contribution < 1.29 is 9.84 Å². The fraction of sp³-hybridized carbons (Fsp3) is 0.312. The minimum Gasteiger partial charge on any atom is -0.491 e. The highest BCUT2D eigenvalue weighted by Crippen LogP contribution is 2.18. The van der Waals surface area contributed by atoms with Crippen LogP contribution in [0.5, 0.6) is 5.75 Å². The van der Waals surface area contributed by atoms with E-state index >= 15 is 0 Å². The minimum absolute atomic E-state index is 0.0577. The molecule has 0 aliphatic heterocycles. The number of rotatable bonds is 5. The van der Waals surface area contributed by atoms with E-state index < -0.39 is 17.4 Å². The van der Waals surface area contributed by atoms with Crippen molar-refractivity contribution in [2.24, 2.45) is 14.1 Å². The molecule has 0 aliphatic carbocycles. The highest BCUT2D eigenvalue weighted by molar-refractivity contribution is 9.10. The minimum atomic E-state index is -0.849. The highest BCUT2D eigenvalue weighted by atomic mass is 79.9. The predicted molar refractivity (Wildman–Crippen MR) is 95.9 cm³/mol. The van der Waals surface area contributed by atoms with Crippen LogP contribution in [0.25, 0.3) is 11.2 Å². The topological polar surface area (TPSA) is 91.3 Å². The molecule has 8 nitrogen and oxygen atoms in total. The van der Waals surface area contributed by atoms with E-state index in [1.165, 1.54) is 22.5 Å². The molecule has 0 fully saturated rings. The molecule has 0 amide bonds. The number of ether oxygens (including phenoxy) is 1.